The highest BCUT2D eigenvalue weighted by Crippen LogP contribution is 2.08. The lowest BCUT2D eigenvalue weighted by Crippen LogP contribution is -2.12. The van der Waals surface area contributed by atoms with Crippen LogP contribution < -0.4 is 5.32 Å². The molecule has 1 aromatic rings. The predicted molar refractivity (Wildman–Crippen MR) is 52.0 cm³/mol. The summed E-state index contributed by atoms with van der Waals surface area (Å²) in [6, 6.07) is 7.25. The van der Waals surface area contributed by atoms with Crippen LogP contribution in [0.1, 0.15) is 5.56 Å². The molecule has 70 valence electrons. The van der Waals surface area contributed by atoms with Crippen molar-refractivity contribution in [1.29, 1.82) is 0 Å². The number of benzene rings is 1. The van der Waals surface area contributed by atoms with Gasteiger partial charge in [0.15, 0.2) is 6.07 Å². The zero-order chi connectivity index (χ0) is 9.68. The summed E-state index contributed by atoms with van der Waals surface area (Å²) in [6.45, 7) is 1.97. The Hall–Kier alpha value is -1.22. The second kappa shape index (κ2) is 4.72. The number of rotatable bonds is 2. The van der Waals surface area contributed by atoms with Gasteiger partial charge in [-0.1, -0.05) is 29.3 Å². The summed E-state index contributed by atoms with van der Waals surface area (Å²) in [7, 11) is 0. The van der Waals surface area contributed by atoms with Gasteiger partial charge in [0, 0.05) is 5.69 Å². The van der Waals surface area contributed by atoms with Gasteiger partial charge >= 0.3 is 6.09 Å². The van der Waals surface area contributed by atoms with Gasteiger partial charge in [0.25, 0.3) is 0 Å². The smallest absolute Gasteiger partial charge is 0.412 e. The van der Waals surface area contributed by atoms with Gasteiger partial charge in [-0.3, -0.25) is 5.32 Å². The van der Waals surface area contributed by atoms with Gasteiger partial charge in [-0.25, -0.2) is 4.79 Å². The van der Waals surface area contributed by atoms with Crippen molar-refractivity contribution < 1.29 is 9.53 Å². The van der Waals surface area contributed by atoms with Crippen molar-refractivity contribution in [3.8, 4) is 0 Å². The summed E-state index contributed by atoms with van der Waals surface area (Å²) in [4.78, 5) is 10.9. The highest BCUT2D eigenvalue weighted by atomic mass is 35.5. The number of nitrogens with one attached hydrogen (secondary N) is 1. The van der Waals surface area contributed by atoms with Gasteiger partial charge in [0.05, 0.1) is 0 Å². The monoisotopic (exact) mass is 199 g/mol. The Morgan fingerprint density at radius 1 is 1.46 bits per heavy atom. The Balaban J connectivity index is 2.54. The molecule has 0 radical (unpaired) electrons. The SMILES string of the molecule is Cc1ccc(NC(=O)OCCl)cc1. The third-order valence-electron chi connectivity index (χ3n) is 1.48. The van der Waals surface area contributed by atoms with E-state index in [1.807, 2.05) is 19.1 Å². The number of amides is 1. The molecule has 0 saturated heterocycles. The van der Waals surface area contributed by atoms with Crippen LogP contribution in [0, 0.1) is 6.92 Å². The molecule has 0 aromatic heterocycles. The summed E-state index contributed by atoms with van der Waals surface area (Å²) < 4.78 is 4.49. The van der Waals surface area contributed by atoms with Crippen LogP contribution in [0.5, 0.6) is 0 Å². The number of carbonyl (C=O) groups excluding carboxylic acids is 1. The van der Waals surface area contributed by atoms with E-state index >= 15 is 0 Å². The second-order valence-electron chi connectivity index (χ2n) is 2.53. The van der Waals surface area contributed by atoms with Crippen molar-refractivity contribution >= 4 is 23.4 Å². The highest BCUT2D eigenvalue weighted by molar-refractivity contribution is 6.17. The van der Waals surface area contributed by atoms with Crippen LogP contribution in [0.3, 0.4) is 0 Å². The van der Waals surface area contributed by atoms with E-state index in [1.165, 1.54) is 0 Å². The van der Waals surface area contributed by atoms with Crippen LogP contribution >= 0.6 is 11.6 Å². The maximum absolute atomic E-state index is 10.9. The summed E-state index contributed by atoms with van der Waals surface area (Å²) in [5.41, 5.74) is 1.83. The number of ether oxygens (including phenoxy) is 1. The van der Waals surface area contributed by atoms with E-state index in [2.05, 4.69) is 10.1 Å². The lowest BCUT2D eigenvalue weighted by atomic mass is 10.2. The van der Waals surface area contributed by atoms with E-state index in [4.69, 9.17) is 11.6 Å². The number of alkyl halides is 1. The molecular formula is C9H10ClNO2. The molecule has 1 amide bonds. The van der Waals surface area contributed by atoms with E-state index < -0.39 is 6.09 Å². The molecule has 1 N–H and O–H groups in total. The minimum Gasteiger partial charge on any atom is -0.433 e. The summed E-state index contributed by atoms with van der Waals surface area (Å²) >= 11 is 5.20. The average molecular weight is 200 g/mol. The molecule has 3 nitrogen and oxygen atoms in total. The molecule has 0 aliphatic rings. The van der Waals surface area contributed by atoms with Crippen molar-refractivity contribution in [2.24, 2.45) is 0 Å². The zero-order valence-electron chi connectivity index (χ0n) is 7.21. The van der Waals surface area contributed by atoms with Crippen LogP contribution in [0.4, 0.5) is 10.5 Å². The molecule has 0 unspecified atom stereocenters. The van der Waals surface area contributed by atoms with Crippen molar-refractivity contribution in [3.05, 3.63) is 29.8 Å². The van der Waals surface area contributed by atoms with Gasteiger partial charge in [-0.2, -0.15) is 0 Å². The molecule has 0 saturated carbocycles. The van der Waals surface area contributed by atoms with Crippen molar-refractivity contribution in [2.75, 3.05) is 11.4 Å². The molecule has 0 aliphatic heterocycles. The van der Waals surface area contributed by atoms with Crippen LogP contribution in [-0.4, -0.2) is 12.2 Å². The quantitative estimate of drug-likeness (QED) is 0.744. The minimum atomic E-state index is -0.543. The van der Waals surface area contributed by atoms with Gasteiger partial charge < -0.3 is 4.74 Å². The third-order valence-corrected chi connectivity index (χ3v) is 1.59. The summed E-state index contributed by atoms with van der Waals surface area (Å²) in [5, 5.41) is 2.52. The Bertz CT molecular complexity index is 284. The Morgan fingerprint density at radius 2 is 2.08 bits per heavy atom. The summed E-state index contributed by atoms with van der Waals surface area (Å²) in [6.07, 6.45) is -0.543. The maximum atomic E-state index is 10.9. The average Bonchev–Trinajstić information content (AvgIpc) is 2.09. The predicted octanol–water partition coefficient (Wildman–Crippen LogP) is 2.74. The van der Waals surface area contributed by atoms with Gasteiger partial charge in [0.2, 0.25) is 0 Å². The van der Waals surface area contributed by atoms with Gasteiger partial charge in [-0.05, 0) is 19.1 Å². The third kappa shape index (κ3) is 3.34. The van der Waals surface area contributed by atoms with Crippen molar-refractivity contribution in [3.63, 3.8) is 0 Å². The zero-order valence-corrected chi connectivity index (χ0v) is 7.97. The first-order valence-electron chi connectivity index (χ1n) is 3.79. The molecule has 0 spiro atoms. The number of anilines is 1. The van der Waals surface area contributed by atoms with Gasteiger partial charge in [0.1, 0.15) is 0 Å². The number of carbonyl (C=O) groups is 1. The fraction of sp³-hybridized carbons (Fsp3) is 0.222. The molecule has 0 aliphatic carbocycles. The Morgan fingerprint density at radius 3 is 2.62 bits per heavy atom. The lowest BCUT2D eigenvalue weighted by Gasteiger charge is -2.03. The molecule has 0 heterocycles. The first-order valence-corrected chi connectivity index (χ1v) is 4.32. The first-order chi connectivity index (χ1) is 6.22. The van der Waals surface area contributed by atoms with E-state index in [9.17, 15) is 4.79 Å². The fourth-order valence-corrected chi connectivity index (χ4v) is 0.939. The topological polar surface area (TPSA) is 38.3 Å². The summed E-state index contributed by atoms with van der Waals surface area (Å²) in [5.74, 6) is 0. The fourth-order valence-electron chi connectivity index (χ4n) is 0.840. The second-order valence-corrected chi connectivity index (χ2v) is 2.75. The minimum absolute atomic E-state index is 0.141. The maximum Gasteiger partial charge on any atom is 0.412 e. The molecule has 1 rings (SSSR count). The van der Waals surface area contributed by atoms with Crippen molar-refractivity contribution in [2.45, 2.75) is 6.92 Å². The Labute approximate surface area is 81.7 Å². The number of hydrogen-bond donors (Lipinski definition) is 1. The molecule has 4 heteroatoms. The first kappa shape index (κ1) is 9.86. The molecule has 13 heavy (non-hydrogen) atoms. The molecule has 0 fully saturated rings. The van der Waals surface area contributed by atoms with Crippen LogP contribution in [0.25, 0.3) is 0 Å². The molecular weight excluding hydrogens is 190 g/mol. The van der Waals surface area contributed by atoms with Crippen LogP contribution in [-0.2, 0) is 4.74 Å². The lowest BCUT2D eigenvalue weighted by molar-refractivity contribution is 0.180. The number of halogens is 1. The van der Waals surface area contributed by atoms with E-state index in [-0.39, 0.29) is 6.07 Å². The van der Waals surface area contributed by atoms with Crippen LogP contribution in [0.2, 0.25) is 0 Å². The Kier molecular flexibility index (Phi) is 3.58. The van der Waals surface area contributed by atoms with Crippen LogP contribution in [0.15, 0.2) is 24.3 Å². The van der Waals surface area contributed by atoms with E-state index in [0.717, 1.165) is 5.56 Å². The number of aryl methyl sites for hydroxylation is 1. The molecule has 1 aromatic carbocycles. The number of hydrogen-bond acceptors (Lipinski definition) is 2. The largest absolute Gasteiger partial charge is 0.433 e. The molecule has 0 atom stereocenters. The van der Waals surface area contributed by atoms with Gasteiger partial charge in [-0.15, -0.1) is 0 Å². The van der Waals surface area contributed by atoms with Crippen molar-refractivity contribution in [1.82, 2.24) is 0 Å². The highest BCUT2D eigenvalue weighted by Gasteiger charge is 2.00. The normalized spacial score (nSPS) is 9.38. The standard InChI is InChI=1S/C9H10ClNO2/c1-7-2-4-8(5-3-7)11-9(12)13-6-10/h2-5H,6H2,1H3,(H,11,12). The van der Waals surface area contributed by atoms with E-state index in [0.29, 0.717) is 5.69 Å². The van der Waals surface area contributed by atoms with E-state index in [1.54, 1.807) is 12.1 Å². The molecule has 0 bridgehead atoms.